The van der Waals surface area contributed by atoms with Crippen LogP contribution in [-0.2, 0) is 13.2 Å². The van der Waals surface area contributed by atoms with Crippen molar-refractivity contribution in [3.05, 3.63) is 64.4 Å². The van der Waals surface area contributed by atoms with E-state index in [1.54, 1.807) is 6.07 Å². The molecule has 1 N–H and O–H groups in total. The SMILES string of the molecule is CN(C)CCNCc1ccccc1OCc1ccc(F)cc1Cl. The Hall–Kier alpha value is -1.62. The van der Waals surface area contributed by atoms with Crippen molar-refractivity contribution in [3.8, 4) is 5.75 Å². The van der Waals surface area contributed by atoms with Crippen molar-refractivity contribution in [1.82, 2.24) is 10.2 Å². The van der Waals surface area contributed by atoms with E-state index in [1.165, 1.54) is 12.1 Å². The summed E-state index contributed by atoms with van der Waals surface area (Å²) in [6.45, 7) is 2.94. The highest BCUT2D eigenvalue weighted by Crippen LogP contribution is 2.22. The number of benzene rings is 2. The standard InChI is InChI=1S/C18H22ClFN2O/c1-22(2)10-9-21-12-14-5-3-4-6-18(14)23-13-15-7-8-16(20)11-17(15)19/h3-8,11,21H,9-10,12-13H2,1-2H3. The number of hydrogen-bond donors (Lipinski definition) is 1. The summed E-state index contributed by atoms with van der Waals surface area (Å²) in [6.07, 6.45) is 0. The quantitative estimate of drug-likeness (QED) is 0.744. The van der Waals surface area contributed by atoms with Gasteiger partial charge in [0, 0.05) is 30.8 Å². The minimum atomic E-state index is -0.343. The Balaban J connectivity index is 1.94. The van der Waals surface area contributed by atoms with Gasteiger partial charge in [0.1, 0.15) is 18.2 Å². The summed E-state index contributed by atoms with van der Waals surface area (Å²) in [7, 11) is 4.09. The lowest BCUT2D eigenvalue weighted by molar-refractivity contribution is 0.301. The van der Waals surface area contributed by atoms with Gasteiger partial charge in [-0.2, -0.15) is 0 Å². The van der Waals surface area contributed by atoms with E-state index < -0.39 is 0 Å². The Morgan fingerprint density at radius 1 is 1.13 bits per heavy atom. The van der Waals surface area contributed by atoms with Gasteiger partial charge in [-0.1, -0.05) is 35.9 Å². The Bertz CT molecular complexity index is 634. The van der Waals surface area contributed by atoms with Crippen LogP contribution in [-0.4, -0.2) is 32.1 Å². The molecule has 0 atom stereocenters. The minimum absolute atomic E-state index is 0.313. The van der Waals surface area contributed by atoms with E-state index in [1.807, 2.05) is 38.4 Å². The second-order valence-electron chi connectivity index (χ2n) is 5.61. The van der Waals surface area contributed by atoms with Crippen LogP contribution in [0.5, 0.6) is 5.75 Å². The third-order valence-electron chi connectivity index (χ3n) is 3.42. The highest BCUT2D eigenvalue weighted by molar-refractivity contribution is 6.31. The smallest absolute Gasteiger partial charge is 0.124 e. The molecule has 0 heterocycles. The first-order valence-electron chi connectivity index (χ1n) is 7.56. The molecule has 0 fully saturated rings. The lowest BCUT2D eigenvalue weighted by Crippen LogP contribution is -2.26. The maximum Gasteiger partial charge on any atom is 0.124 e. The number of halogens is 2. The van der Waals surface area contributed by atoms with Crippen molar-refractivity contribution in [3.63, 3.8) is 0 Å². The Labute approximate surface area is 142 Å². The predicted molar refractivity (Wildman–Crippen MR) is 92.4 cm³/mol. The highest BCUT2D eigenvalue weighted by atomic mass is 35.5. The van der Waals surface area contributed by atoms with Crippen LogP contribution in [0.4, 0.5) is 4.39 Å². The summed E-state index contributed by atoms with van der Waals surface area (Å²) in [6, 6.07) is 12.2. The van der Waals surface area contributed by atoms with Gasteiger partial charge in [-0.05, 0) is 32.3 Å². The third-order valence-corrected chi connectivity index (χ3v) is 3.77. The van der Waals surface area contributed by atoms with E-state index in [2.05, 4.69) is 10.2 Å². The molecule has 0 bridgehead atoms. The first-order valence-corrected chi connectivity index (χ1v) is 7.94. The molecule has 0 aromatic heterocycles. The molecule has 2 aromatic carbocycles. The maximum atomic E-state index is 13.1. The number of rotatable bonds is 8. The molecule has 0 unspecified atom stereocenters. The van der Waals surface area contributed by atoms with Crippen LogP contribution < -0.4 is 10.1 Å². The van der Waals surface area contributed by atoms with Gasteiger partial charge in [0.25, 0.3) is 0 Å². The molecule has 2 rings (SSSR count). The molecule has 3 nitrogen and oxygen atoms in total. The molecule has 0 aliphatic carbocycles. The zero-order valence-electron chi connectivity index (χ0n) is 13.5. The minimum Gasteiger partial charge on any atom is -0.489 e. The molecule has 2 aromatic rings. The van der Waals surface area contributed by atoms with Crippen molar-refractivity contribution in [1.29, 1.82) is 0 Å². The van der Waals surface area contributed by atoms with E-state index in [0.29, 0.717) is 11.6 Å². The van der Waals surface area contributed by atoms with Crippen molar-refractivity contribution < 1.29 is 9.13 Å². The van der Waals surface area contributed by atoms with Crippen LogP contribution in [0.2, 0.25) is 5.02 Å². The summed E-state index contributed by atoms with van der Waals surface area (Å²) in [5.74, 6) is 0.467. The largest absolute Gasteiger partial charge is 0.489 e. The first kappa shape index (κ1) is 17.7. The van der Waals surface area contributed by atoms with Crippen LogP contribution in [0.25, 0.3) is 0 Å². The second kappa shape index (κ2) is 8.87. The Kier molecular flexibility index (Phi) is 6.84. The van der Waals surface area contributed by atoms with Gasteiger partial charge < -0.3 is 15.0 Å². The summed E-state index contributed by atoms with van der Waals surface area (Å²) >= 11 is 6.03. The molecule has 0 spiro atoms. The first-order chi connectivity index (χ1) is 11.1. The molecule has 23 heavy (non-hydrogen) atoms. The molecule has 124 valence electrons. The van der Waals surface area contributed by atoms with Crippen LogP contribution in [0.3, 0.4) is 0 Å². The molecular weight excluding hydrogens is 315 g/mol. The van der Waals surface area contributed by atoms with Crippen LogP contribution >= 0.6 is 11.6 Å². The zero-order valence-corrected chi connectivity index (χ0v) is 14.2. The van der Waals surface area contributed by atoms with Gasteiger partial charge in [0.2, 0.25) is 0 Å². The van der Waals surface area contributed by atoms with E-state index in [-0.39, 0.29) is 5.82 Å². The number of nitrogens with zero attached hydrogens (tertiary/aromatic N) is 1. The zero-order chi connectivity index (χ0) is 16.7. The lowest BCUT2D eigenvalue weighted by atomic mass is 10.2. The average Bonchev–Trinajstić information content (AvgIpc) is 2.51. The molecule has 0 radical (unpaired) electrons. The number of likely N-dealkylation sites (N-methyl/N-ethyl adjacent to an activating group) is 1. The molecule has 0 saturated heterocycles. The van der Waals surface area contributed by atoms with E-state index in [9.17, 15) is 4.39 Å². The van der Waals surface area contributed by atoms with Crippen molar-refractivity contribution in [2.24, 2.45) is 0 Å². The van der Waals surface area contributed by atoms with E-state index in [0.717, 1.165) is 36.5 Å². The topological polar surface area (TPSA) is 24.5 Å². The van der Waals surface area contributed by atoms with Crippen molar-refractivity contribution >= 4 is 11.6 Å². The van der Waals surface area contributed by atoms with Crippen molar-refractivity contribution in [2.75, 3.05) is 27.2 Å². The molecule has 5 heteroatoms. The van der Waals surface area contributed by atoms with Gasteiger partial charge in [0.15, 0.2) is 0 Å². The molecular formula is C18H22ClFN2O. The van der Waals surface area contributed by atoms with E-state index >= 15 is 0 Å². The number of hydrogen-bond acceptors (Lipinski definition) is 3. The monoisotopic (exact) mass is 336 g/mol. The number of ether oxygens (including phenoxy) is 1. The molecule has 0 amide bonds. The second-order valence-corrected chi connectivity index (χ2v) is 6.02. The molecule has 0 aliphatic rings. The summed E-state index contributed by atoms with van der Waals surface area (Å²) in [4.78, 5) is 2.13. The van der Waals surface area contributed by atoms with Crippen molar-refractivity contribution in [2.45, 2.75) is 13.2 Å². The summed E-state index contributed by atoms with van der Waals surface area (Å²) in [5.41, 5.74) is 1.85. The average molecular weight is 337 g/mol. The lowest BCUT2D eigenvalue weighted by Gasteiger charge is -2.14. The highest BCUT2D eigenvalue weighted by Gasteiger charge is 2.06. The van der Waals surface area contributed by atoms with Gasteiger partial charge in [0.05, 0.1) is 5.02 Å². The fourth-order valence-corrected chi connectivity index (χ4v) is 2.33. The van der Waals surface area contributed by atoms with Crippen LogP contribution in [0.1, 0.15) is 11.1 Å². The van der Waals surface area contributed by atoms with Gasteiger partial charge in [-0.3, -0.25) is 0 Å². The Morgan fingerprint density at radius 3 is 2.65 bits per heavy atom. The third kappa shape index (κ3) is 5.82. The number of nitrogens with one attached hydrogen (secondary N) is 1. The van der Waals surface area contributed by atoms with Gasteiger partial charge in [-0.25, -0.2) is 4.39 Å². The van der Waals surface area contributed by atoms with Crippen LogP contribution in [0, 0.1) is 5.82 Å². The normalized spacial score (nSPS) is 11.0. The molecule has 0 aliphatic heterocycles. The fourth-order valence-electron chi connectivity index (χ4n) is 2.11. The summed E-state index contributed by atoms with van der Waals surface area (Å²) in [5, 5.41) is 3.77. The predicted octanol–water partition coefficient (Wildman–Crippen LogP) is 3.71. The maximum absolute atomic E-state index is 13.1. The number of para-hydroxylation sites is 1. The van der Waals surface area contributed by atoms with Gasteiger partial charge >= 0.3 is 0 Å². The Morgan fingerprint density at radius 2 is 1.91 bits per heavy atom. The van der Waals surface area contributed by atoms with Crippen LogP contribution in [0.15, 0.2) is 42.5 Å². The molecule has 0 saturated carbocycles. The van der Waals surface area contributed by atoms with Gasteiger partial charge in [-0.15, -0.1) is 0 Å². The summed E-state index contributed by atoms with van der Waals surface area (Å²) < 4.78 is 18.9. The fraction of sp³-hybridized carbons (Fsp3) is 0.333. The van der Waals surface area contributed by atoms with E-state index in [4.69, 9.17) is 16.3 Å².